The van der Waals surface area contributed by atoms with Gasteiger partial charge in [0.1, 0.15) is 16.3 Å². The summed E-state index contributed by atoms with van der Waals surface area (Å²) in [5, 5.41) is 4.42. The van der Waals surface area contributed by atoms with Gasteiger partial charge < -0.3 is 10.1 Å². The van der Waals surface area contributed by atoms with E-state index in [0.29, 0.717) is 25.8 Å². The number of aryl methyl sites for hydroxylation is 1. The lowest BCUT2D eigenvalue weighted by Gasteiger charge is -2.04. The molecule has 3 aromatic rings. The van der Waals surface area contributed by atoms with Crippen molar-refractivity contribution in [3.05, 3.63) is 55.9 Å². The van der Waals surface area contributed by atoms with E-state index in [-0.39, 0.29) is 11.3 Å². The Balaban J connectivity index is 1.63. The highest BCUT2D eigenvalue weighted by Gasteiger charge is 2.20. The number of hydrogen-bond donors (Lipinski definition) is 1. The van der Waals surface area contributed by atoms with Crippen LogP contribution in [0.4, 0.5) is 5.13 Å². The SMILES string of the molecule is CCCCCCCCNc1nc2sc(C(=O)OCc3ccccc3)c(C)c2c(=O)s1. The van der Waals surface area contributed by atoms with Gasteiger partial charge in [-0.15, -0.1) is 11.3 Å². The van der Waals surface area contributed by atoms with Gasteiger partial charge in [0, 0.05) is 6.54 Å². The second-order valence-corrected chi connectivity index (χ2v) is 9.26. The molecule has 0 atom stereocenters. The number of carbonyl (C=O) groups is 1. The molecule has 30 heavy (non-hydrogen) atoms. The van der Waals surface area contributed by atoms with Crippen molar-refractivity contribution in [2.45, 2.75) is 59.0 Å². The molecule has 0 aliphatic rings. The molecule has 0 aliphatic heterocycles. The topological polar surface area (TPSA) is 68.3 Å². The first kappa shape index (κ1) is 22.4. The fourth-order valence-corrected chi connectivity index (χ4v) is 5.27. The van der Waals surface area contributed by atoms with Crippen molar-refractivity contribution < 1.29 is 9.53 Å². The second kappa shape index (κ2) is 11.2. The molecule has 0 saturated carbocycles. The number of fused-ring (bicyclic) bond motifs is 1. The van der Waals surface area contributed by atoms with Gasteiger partial charge in [-0.05, 0) is 24.5 Å². The molecular weight excluding hydrogens is 416 g/mol. The summed E-state index contributed by atoms with van der Waals surface area (Å²) in [5.74, 6) is -0.412. The average Bonchev–Trinajstić information content (AvgIpc) is 3.09. The smallest absolute Gasteiger partial charge is 0.349 e. The number of nitrogens with zero attached hydrogens (tertiary/aromatic N) is 1. The molecule has 1 aromatic carbocycles. The first-order valence-electron chi connectivity index (χ1n) is 10.5. The van der Waals surface area contributed by atoms with E-state index in [1.54, 1.807) is 6.92 Å². The standard InChI is InChI=1S/C23H28N2O3S2/c1-3-4-5-6-7-11-14-24-23-25-20-18(22(27)30-23)16(2)19(29-20)21(26)28-15-17-12-9-8-10-13-17/h8-10,12-13H,3-7,11,14-15H2,1-2H3,(H,24,25). The molecule has 0 bridgehead atoms. The number of anilines is 1. The lowest BCUT2D eigenvalue weighted by Crippen LogP contribution is -2.06. The van der Waals surface area contributed by atoms with Crippen LogP contribution in [0.5, 0.6) is 0 Å². The Morgan fingerprint density at radius 3 is 2.57 bits per heavy atom. The monoisotopic (exact) mass is 444 g/mol. The summed E-state index contributed by atoms with van der Waals surface area (Å²) in [5.41, 5.74) is 1.58. The Bertz CT molecular complexity index is 1030. The molecule has 0 unspecified atom stereocenters. The zero-order valence-electron chi connectivity index (χ0n) is 17.5. The Morgan fingerprint density at radius 1 is 1.07 bits per heavy atom. The second-order valence-electron chi connectivity index (χ2n) is 7.30. The third-order valence-electron chi connectivity index (χ3n) is 4.93. The van der Waals surface area contributed by atoms with Crippen LogP contribution in [0.3, 0.4) is 0 Å². The van der Waals surface area contributed by atoms with E-state index in [1.807, 2.05) is 30.3 Å². The van der Waals surface area contributed by atoms with Crippen molar-refractivity contribution in [2.75, 3.05) is 11.9 Å². The third kappa shape index (κ3) is 5.89. The molecule has 0 radical (unpaired) electrons. The predicted octanol–water partition coefficient (Wildman–Crippen LogP) is 6.16. The molecule has 0 aliphatic carbocycles. The summed E-state index contributed by atoms with van der Waals surface area (Å²) in [6.07, 6.45) is 7.31. The molecule has 2 heterocycles. The van der Waals surface area contributed by atoms with Crippen LogP contribution in [0.25, 0.3) is 10.2 Å². The molecule has 0 amide bonds. The van der Waals surface area contributed by atoms with E-state index in [2.05, 4.69) is 17.2 Å². The van der Waals surface area contributed by atoms with E-state index in [1.165, 1.54) is 43.4 Å². The molecule has 5 nitrogen and oxygen atoms in total. The Morgan fingerprint density at radius 2 is 1.80 bits per heavy atom. The van der Waals surface area contributed by atoms with Gasteiger partial charge in [0.2, 0.25) is 4.74 Å². The van der Waals surface area contributed by atoms with E-state index < -0.39 is 5.97 Å². The predicted molar refractivity (Wildman–Crippen MR) is 126 cm³/mol. The van der Waals surface area contributed by atoms with Crippen molar-refractivity contribution in [3.63, 3.8) is 0 Å². The van der Waals surface area contributed by atoms with Crippen molar-refractivity contribution in [2.24, 2.45) is 0 Å². The van der Waals surface area contributed by atoms with Crippen LogP contribution < -0.4 is 10.1 Å². The van der Waals surface area contributed by atoms with E-state index in [4.69, 9.17) is 4.74 Å². The fraction of sp³-hybridized carbons (Fsp3) is 0.435. The number of unbranched alkanes of at least 4 members (excludes halogenated alkanes) is 5. The lowest BCUT2D eigenvalue weighted by atomic mass is 10.1. The fourth-order valence-electron chi connectivity index (χ4n) is 3.23. The highest BCUT2D eigenvalue weighted by Crippen LogP contribution is 2.30. The van der Waals surface area contributed by atoms with Crippen LogP contribution in [0, 0.1) is 6.92 Å². The summed E-state index contributed by atoms with van der Waals surface area (Å²) in [7, 11) is 0. The highest BCUT2D eigenvalue weighted by molar-refractivity contribution is 7.21. The zero-order valence-corrected chi connectivity index (χ0v) is 19.2. The van der Waals surface area contributed by atoms with Gasteiger partial charge >= 0.3 is 5.97 Å². The Kier molecular flexibility index (Phi) is 8.39. The maximum atomic E-state index is 12.6. The number of rotatable bonds is 11. The number of carbonyl (C=O) groups excluding carboxylic acids is 1. The van der Waals surface area contributed by atoms with Gasteiger partial charge in [0.05, 0.1) is 5.39 Å². The summed E-state index contributed by atoms with van der Waals surface area (Å²) < 4.78 is 5.38. The molecule has 0 saturated heterocycles. The van der Waals surface area contributed by atoms with Crippen LogP contribution in [-0.4, -0.2) is 17.5 Å². The molecule has 160 valence electrons. The number of hydrogen-bond acceptors (Lipinski definition) is 7. The van der Waals surface area contributed by atoms with Crippen LogP contribution in [0.15, 0.2) is 35.1 Å². The molecule has 7 heteroatoms. The number of ether oxygens (including phenoxy) is 1. The van der Waals surface area contributed by atoms with Crippen molar-refractivity contribution >= 4 is 44.0 Å². The molecule has 1 N–H and O–H groups in total. The number of thiophene rings is 1. The van der Waals surface area contributed by atoms with Gasteiger partial charge in [-0.1, -0.05) is 80.7 Å². The van der Waals surface area contributed by atoms with Crippen molar-refractivity contribution in [3.8, 4) is 0 Å². The highest BCUT2D eigenvalue weighted by atomic mass is 32.1. The van der Waals surface area contributed by atoms with Crippen LogP contribution >= 0.6 is 22.7 Å². The minimum Gasteiger partial charge on any atom is -0.457 e. The molecule has 0 spiro atoms. The zero-order chi connectivity index (χ0) is 21.3. The van der Waals surface area contributed by atoms with Gasteiger partial charge in [-0.25, -0.2) is 9.78 Å². The van der Waals surface area contributed by atoms with Crippen molar-refractivity contribution in [1.29, 1.82) is 0 Å². The average molecular weight is 445 g/mol. The minimum absolute atomic E-state index is 0.0682. The number of nitrogens with one attached hydrogen (secondary N) is 1. The summed E-state index contributed by atoms with van der Waals surface area (Å²) in [6.45, 7) is 5.01. The largest absolute Gasteiger partial charge is 0.457 e. The maximum Gasteiger partial charge on any atom is 0.349 e. The number of aromatic nitrogens is 1. The molecular formula is C23H28N2O3S2. The lowest BCUT2D eigenvalue weighted by molar-refractivity contribution is 0.0478. The van der Waals surface area contributed by atoms with Crippen LogP contribution in [-0.2, 0) is 11.3 Å². The van der Waals surface area contributed by atoms with E-state index in [9.17, 15) is 9.59 Å². The molecule has 0 fully saturated rings. The first-order chi connectivity index (χ1) is 14.6. The molecule has 3 rings (SSSR count). The Labute approximate surface area is 185 Å². The summed E-state index contributed by atoms with van der Waals surface area (Å²) >= 11 is 2.33. The normalized spacial score (nSPS) is 11.0. The van der Waals surface area contributed by atoms with Gasteiger partial charge in [0.25, 0.3) is 0 Å². The number of esters is 1. The van der Waals surface area contributed by atoms with Crippen LogP contribution in [0.1, 0.15) is 66.2 Å². The summed E-state index contributed by atoms with van der Waals surface area (Å²) in [4.78, 5) is 30.8. The van der Waals surface area contributed by atoms with Gasteiger partial charge in [-0.3, -0.25) is 4.79 Å². The van der Waals surface area contributed by atoms with Gasteiger partial charge in [-0.2, -0.15) is 0 Å². The van der Waals surface area contributed by atoms with E-state index >= 15 is 0 Å². The third-order valence-corrected chi connectivity index (χ3v) is 6.91. The molecule has 2 aromatic heterocycles. The maximum absolute atomic E-state index is 12.6. The quantitative estimate of drug-likeness (QED) is 0.283. The number of benzene rings is 1. The first-order valence-corrected chi connectivity index (χ1v) is 12.1. The van der Waals surface area contributed by atoms with Crippen LogP contribution in [0.2, 0.25) is 0 Å². The van der Waals surface area contributed by atoms with Gasteiger partial charge in [0.15, 0.2) is 5.13 Å². The van der Waals surface area contributed by atoms with Crippen molar-refractivity contribution in [1.82, 2.24) is 4.98 Å². The Hall–Kier alpha value is -2.25. The summed E-state index contributed by atoms with van der Waals surface area (Å²) in [6, 6.07) is 9.55. The van der Waals surface area contributed by atoms with E-state index in [0.717, 1.165) is 29.9 Å². The minimum atomic E-state index is -0.412.